The Morgan fingerprint density at radius 1 is 1.29 bits per heavy atom. The van der Waals surface area contributed by atoms with Crippen LogP contribution in [0.4, 0.5) is 0 Å². The first kappa shape index (κ1) is 16.1. The third-order valence-corrected chi connectivity index (χ3v) is 5.43. The summed E-state index contributed by atoms with van der Waals surface area (Å²) in [6.45, 7) is 6.32. The molecule has 1 spiro atoms. The molecule has 1 aromatic rings. The molecule has 0 aliphatic carbocycles. The average molecular weight is 334 g/mol. The monoisotopic (exact) mass is 334 g/mol. The smallest absolute Gasteiger partial charge is 0.251 e. The normalized spacial score (nSPS) is 31.7. The van der Waals surface area contributed by atoms with Gasteiger partial charge in [0.05, 0.1) is 26.0 Å². The van der Waals surface area contributed by atoms with Crippen molar-refractivity contribution >= 4 is 5.91 Å². The first-order valence-corrected chi connectivity index (χ1v) is 8.97. The minimum Gasteiger partial charge on any atom is -0.468 e. The van der Waals surface area contributed by atoms with Crippen LogP contribution < -0.4 is 0 Å². The lowest BCUT2D eigenvalue weighted by molar-refractivity contribution is -0.142. The summed E-state index contributed by atoms with van der Waals surface area (Å²) in [5.41, 5.74) is 0.0390. The van der Waals surface area contributed by atoms with E-state index >= 15 is 0 Å². The van der Waals surface area contributed by atoms with Crippen LogP contribution in [-0.4, -0.2) is 67.8 Å². The molecule has 2 atom stereocenters. The Labute approximate surface area is 142 Å². The van der Waals surface area contributed by atoms with Gasteiger partial charge in [0, 0.05) is 31.7 Å². The number of hydrogen-bond donors (Lipinski definition) is 0. The van der Waals surface area contributed by atoms with Gasteiger partial charge in [-0.3, -0.25) is 9.69 Å². The van der Waals surface area contributed by atoms with Gasteiger partial charge in [0.25, 0.3) is 5.91 Å². The SMILES string of the molecule is O=C([C@@H]1CCCO1)N1CCOC[C@]2(CCN(Cc3ccco3)C2)C1. The van der Waals surface area contributed by atoms with Gasteiger partial charge in [-0.1, -0.05) is 0 Å². The fourth-order valence-corrected chi connectivity index (χ4v) is 4.19. The standard InChI is InChI=1S/C18H26N2O4/c21-17(16-4-2-9-24-16)20-7-10-22-14-18(13-20)5-6-19(12-18)11-15-3-1-8-23-15/h1,3,8,16H,2,4-7,9-14H2/t16-,18-/m0/s1. The molecule has 6 nitrogen and oxygen atoms in total. The first-order valence-electron chi connectivity index (χ1n) is 8.97. The molecule has 3 aliphatic rings. The lowest BCUT2D eigenvalue weighted by Crippen LogP contribution is -2.46. The van der Waals surface area contributed by atoms with Gasteiger partial charge in [-0.05, 0) is 37.9 Å². The summed E-state index contributed by atoms with van der Waals surface area (Å²) in [6, 6.07) is 3.94. The summed E-state index contributed by atoms with van der Waals surface area (Å²) in [5, 5.41) is 0. The predicted octanol–water partition coefficient (Wildman–Crippen LogP) is 1.51. The maximum Gasteiger partial charge on any atom is 0.251 e. The summed E-state index contributed by atoms with van der Waals surface area (Å²) in [7, 11) is 0. The van der Waals surface area contributed by atoms with Crippen molar-refractivity contribution in [2.24, 2.45) is 5.41 Å². The van der Waals surface area contributed by atoms with Gasteiger partial charge in [0.2, 0.25) is 0 Å². The van der Waals surface area contributed by atoms with Crippen molar-refractivity contribution in [3.8, 4) is 0 Å². The Kier molecular flexibility index (Phi) is 4.61. The second kappa shape index (κ2) is 6.86. The van der Waals surface area contributed by atoms with E-state index in [4.69, 9.17) is 13.9 Å². The Balaban J connectivity index is 1.41. The van der Waals surface area contributed by atoms with Crippen LogP contribution >= 0.6 is 0 Å². The van der Waals surface area contributed by atoms with E-state index in [1.165, 1.54) is 0 Å². The third kappa shape index (κ3) is 3.36. The molecule has 3 saturated heterocycles. The van der Waals surface area contributed by atoms with Gasteiger partial charge >= 0.3 is 0 Å². The van der Waals surface area contributed by atoms with Gasteiger partial charge in [-0.25, -0.2) is 0 Å². The summed E-state index contributed by atoms with van der Waals surface area (Å²) in [4.78, 5) is 17.1. The fraction of sp³-hybridized carbons (Fsp3) is 0.722. The summed E-state index contributed by atoms with van der Waals surface area (Å²) in [5.74, 6) is 1.15. The molecule has 0 radical (unpaired) electrons. The lowest BCUT2D eigenvalue weighted by atomic mass is 9.87. The lowest BCUT2D eigenvalue weighted by Gasteiger charge is -2.33. The van der Waals surface area contributed by atoms with Crippen LogP contribution in [-0.2, 0) is 20.8 Å². The summed E-state index contributed by atoms with van der Waals surface area (Å²) in [6.07, 6.45) is 4.39. The second-order valence-corrected chi connectivity index (χ2v) is 7.35. The average Bonchev–Trinajstić information content (AvgIpc) is 3.30. The van der Waals surface area contributed by atoms with E-state index in [1.807, 2.05) is 17.0 Å². The summed E-state index contributed by atoms with van der Waals surface area (Å²) >= 11 is 0. The number of nitrogens with zero attached hydrogens (tertiary/aromatic N) is 2. The van der Waals surface area contributed by atoms with Gasteiger partial charge in [-0.2, -0.15) is 0 Å². The number of likely N-dealkylation sites (tertiary alicyclic amines) is 1. The van der Waals surface area contributed by atoms with Crippen LogP contribution in [0, 0.1) is 5.41 Å². The molecule has 1 aromatic heterocycles. The first-order chi connectivity index (χ1) is 11.7. The molecule has 0 N–H and O–H groups in total. The Bertz CT molecular complexity index is 555. The van der Waals surface area contributed by atoms with E-state index in [2.05, 4.69) is 4.90 Å². The van der Waals surface area contributed by atoms with Crippen LogP contribution in [0.5, 0.6) is 0 Å². The van der Waals surface area contributed by atoms with E-state index in [0.717, 1.165) is 57.8 Å². The number of carbonyl (C=O) groups excluding carboxylic acids is 1. The second-order valence-electron chi connectivity index (χ2n) is 7.35. The molecule has 3 fully saturated rings. The Morgan fingerprint density at radius 2 is 2.25 bits per heavy atom. The molecular weight excluding hydrogens is 308 g/mol. The third-order valence-electron chi connectivity index (χ3n) is 5.43. The molecule has 132 valence electrons. The zero-order valence-corrected chi connectivity index (χ0v) is 14.1. The molecule has 0 saturated carbocycles. The molecule has 3 aliphatic heterocycles. The van der Waals surface area contributed by atoms with Crippen LogP contribution in [0.3, 0.4) is 0 Å². The van der Waals surface area contributed by atoms with Crippen LogP contribution in [0.1, 0.15) is 25.0 Å². The van der Waals surface area contributed by atoms with Crippen LogP contribution in [0.2, 0.25) is 0 Å². The molecule has 4 rings (SSSR count). The highest BCUT2D eigenvalue weighted by molar-refractivity contribution is 5.81. The molecule has 0 unspecified atom stereocenters. The Morgan fingerprint density at radius 3 is 3.04 bits per heavy atom. The van der Waals surface area contributed by atoms with Crippen molar-refractivity contribution in [1.82, 2.24) is 9.80 Å². The number of carbonyl (C=O) groups is 1. The maximum atomic E-state index is 12.7. The highest BCUT2D eigenvalue weighted by Crippen LogP contribution is 2.34. The fourth-order valence-electron chi connectivity index (χ4n) is 4.19. The highest BCUT2D eigenvalue weighted by Gasteiger charge is 2.43. The van der Waals surface area contributed by atoms with Crippen molar-refractivity contribution in [3.05, 3.63) is 24.2 Å². The number of ether oxygens (including phenoxy) is 2. The number of furan rings is 1. The van der Waals surface area contributed by atoms with Crippen molar-refractivity contribution in [2.45, 2.75) is 31.9 Å². The van der Waals surface area contributed by atoms with Crippen LogP contribution in [0.25, 0.3) is 0 Å². The molecular formula is C18H26N2O4. The highest BCUT2D eigenvalue weighted by atomic mass is 16.5. The Hall–Kier alpha value is -1.37. The topological polar surface area (TPSA) is 55.1 Å². The number of amides is 1. The predicted molar refractivity (Wildman–Crippen MR) is 87.4 cm³/mol. The number of rotatable bonds is 3. The molecule has 0 aromatic carbocycles. The van der Waals surface area contributed by atoms with Gasteiger partial charge in [0.1, 0.15) is 11.9 Å². The molecule has 4 heterocycles. The van der Waals surface area contributed by atoms with Crippen LogP contribution in [0.15, 0.2) is 22.8 Å². The number of hydrogen-bond acceptors (Lipinski definition) is 5. The molecule has 1 amide bonds. The summed E-state index contributed by atoms with van der Waals surface area (Å²) < 4.78 is 16.9. The zero-order chi connectivity index (χ0) is 16.4. The van der Waals surface area contributed by atoms with Crippen molar-refractivity contribution in [3.63, 3.8) is 0 Å². The van der Waals surface area contributed by atoms with Crippen molar-refractivity contribution in [2.75, 3.05) is 46.0 Å². The minimum absolute atomic E-state index is 0.0390. The van der Waals surface area contributed by atoms with Gasteiger partial charge < -0.3 is 18.8 Å². The zero-order valence-electron chi connectivity index (χ0n) is 14.1. The molecule has 0 bridgehead atoms. The largest absolute Gasteiger partial charge is 0.468 e. The maximum absolute atomic E-state index is 12.7. The molecule has 24 heavy (non-hydrogen) atoms. The van der Waals surface area contributed by atoms with Crippen molar-refractivity contribution < 1.29 is 18.7 Å². The van der Waals surface area contributed by atoms with Gasteiger partial charge in [0.15, 0.2) is 0 Å². The quantitative estimate of drug-likeness (QED) is 0.839. The van der Waals surface area contributed by atoms with E-state index in [-0.39, 0.29) is 17.4 Å². The van der Waals surface area contributed by atoms with Gasteiger partial charge in [-0.15, -0.1) is 0 Å². The van der Waals surface area contributed by atoms with E-state index in [1.54, 1.807) is 6.26 Å². The molecule has 6 heteroatoms. The minimum atomic E-state index is -0.235. The van der Waals surface area contributed by atoms with E-state index < -0.39 is 0 Å². The van der Waals surface area contributed by atoms with Crippen molar-refractivity contribution in [1.29, 1.82) is 0 Å². The van der Waals surface area contributed by atoms with E-state index in [9.17, 15) is 4.79 Å². The van der Waals surface area contributed by atoms with E-state index in [0.29, 0.717) is 19.8 Å².